The van der Waals surface area contributed by atoms with Crippen LogP contribution >= 0.6 is 0 Å². The SMILES string of the molecule is N#Cc1ccc(C(=O)N2CCC(C(N)=O)(N3CCCCC3)CC2)cc1. The molecule has 2 amide bonds. The molecule has 2 saturated heterocycles. The first-order chi connectivity index (χ1) is 12.1. The van der Waals surface area contributed by atoms with Crippen molar-refractivity contribution in [3.63, 3.8) is 0 Å². The number of nitrogens with two attached hydrogens (primary N) is 1. The first-order valence-electron chi connectivity index (χ1n) is 8.91. The summed E-state index contributed by atoms with van der Waals surface area (Å²) in [5, 5.41) is 8.86. The normalized spacial score (nSPS) is 20.7. The zero-order chi connectivity index (χ0) is 17.9. The molecule has 2 aliphatic rings. The fourth-order valence-corrected chi connectivity index (χ4v) is 3.99. The van der Waals surface area contributed by atoms with Crippen molar-refractivity contribution in [2.24, 2.45) is 5.73 Å². The van der Waals surface area contributed by atoms with E-state index < -0.39 is 5.54 Å². The zero-order valence-electron chi connectivity index (χ0n) is 14.4. The highest BCUT2D eigenvalue weighted by Crippen LogP contribution is 2.32. The highest BCUT2D eigenvalue weighted by atomic mass is 16.2. The van der Waals surface area contributed by atoms with E-state index in [-0.39, 0.29) is 11.8 Å². The Morgan fingerprint density at radius 3 is 2.12 bits per heavy atom. The summed E-state index contributed by atoms with van der Waals surface area (Å²) >= 11 is 0. The van der Waals surface area contributed by atoms with Gasteiger partial charge in [0.15, 0.2) is 0 Å². The van der Waals surface area contributed by atoms with Gasteiger partial charge in [-0.15, -0.1) is 0 Å². The maximum Gasteiger partial charge on any atom is 0.253 e. The fourth-order valence-electron chi connectivity index (χ4n) is 3.99. The molecule has 0 unspecified atom stereocenters. The molecular weight excluding hydrogens is 316 g/mol. The molecular formula is C19H24N4O2. The number of hydrogen-bond acceptors (Lipinski definition) is 4. The van der Waals surface area contributed by atoms with Gasteiger partial charge in [0.1, 0.15) is 5.54 Å². The van der Waals surface area contributed by atoms with Gasteiger partial charge in [-0.2, -0.15) is 5.26 Å². The van der Waals surface area contributed by atoms with Crippen molar-refractivity contribution >= 4 is 11.8 Å². The summed E-state index contributed by atoms with van der Waals surface area (Å²) in [4.78, 5) is 28.9. The number of carbonyl (C=O) groups excluding carboxylic acids is 2. The number of likely N-dealkylation sites (tertiary alicyclic amines) is 2. The van der Waals surface area contributed by atoms with Crippen LogP contribution in [0.5, 0.6) is 0 Å². The Morgan fingerprint density at radius 1 is 1.00 bits per heavy atom. The number of hydrogen-bond donors (Lipinski definition) is 1. The Kier molecular flexibility index (Phi) is 5.05. The molecule has 1 aromatic carbocycles. The third kappa shape index (κ3) is 3.38. The minimum absolute atomic E-state index is 0.0544. The van der Waals surface area contributed by atoms with E-state index in [0.29, 0.717) is 37.1 Å². The largest absolute Gasteiger partial charge is 0.368 e. The van der Waals surface area contributed by atoms with E-state index in [4.69, 9.17) is 11.0 Å². The number of carbonyl (C=O) groups is 2. The molecule has 6 nitrogen and oxygen atoms in total. The summed E-state index contributed by atoms with van der Waals surface area (Å²) in [5.41, 5.74) is 6.28. The van der Waals surface area contributed by atoms with Crippen molar-refractivity contribution in [1.82, 2.24) is 9.80 Å². The van der Waals surface area contributed by atoms with E-state index in [1.807, 2.05) is 0 Å². The molecule has 0 spiro atoms. The van der Waals surface area contributed by atoms with Gasteiger partial charge in [0.25, 0.3) is 5.91 Å². The highest BCUT2D eigenvalue weighted by Gasteiger charge is 2.45. The molecule has 0 bridgehead atoms. The summed E-state index contributed by atoms with van der Waals surface area (Å²) in [5.74, 6) is -0.318. The van der Waals surface area contributed by atoms with E-state index in [9.17, 15) is 9.59 Å². The lowest BCUT2D eigenvalue weighted by atomic mass is 9.83. The van der Waals surface area contributed by atoms with Crippen molar-refractivity contribution in [2.75, 3.05) is 26.2 Å². The van der Waals surface area contributed by atoms with Crippen molar-refractivity contribution in [1.29, 1.82) is 5.26 Å². The Labute approximate surface area is 148 Å². The topological polar surface area (TPSA) is 90.4 Å². The van der Waals surface area contributed by atoms with Crippen LogP contribution < -0.4 is 5.73 Å². The standard InChI is InChI=1S/C19H24N4O2/c20-14-15-4-6-16(7-5-15)17(24)22-12-8-19(9-13-22,18(21)25)23-10-2-1-3-11-23/h4-7H,1-3,8-13H2,(H2,21,25). The van der Waals surface area contributed by atoms with Crippen molar-refractivity contribution in [3.8, 4) is 6.07 Å². The second kappa shape index (κ2) is 7.24. The first kappa shape index (κ1) is 17.4. The van der Waals surface area contributed by atoms with E-state index in [1.165, 1.54) is 6.42 Å². The van der Waals surface area contributed by atoms with Gasteiger partial charge in [0, 0.05) is 18.7 Å². The molecule has 0 radical (unpaired) electrons. The van der Waals surface area contributed by atoms with Crippen LogP contribution in [0.15, 0.2) is 24.3 Å². The Morgan fingerprint density at radius 2 is 1.60 bits per heavy atom. The maximum absolute atomic E-state index is 12.7. The zero-order valence-corrected chi connectivity index (χ0v) is 14.4. The van der Waals surface area contributed by atoms with Gasteiger partial charge >= 0.3 is 0 Å². The van der Waals surface area contributed by atoms with Gasteiger partial charge in [0.05, 0.1) is 11.6 Å². The molecule has 0 atom stereocenters. The predicted molar refractivity (Wildman–Crippen MR) is 93.6 cm³/mol. The van der Waals surface area contributed by atoms with Crippen LogP contribution in [-0.2, 0) is 4.79 Å². The molecule has 132 valence electrons. The molecule has 1 aromatic rings. The van der Waals surface area contributed by atoms with Crippen molar-refractivity contribution < 1.29 is 9.59 Å². The smallest absolute Gasteiger partial charge is 0.253 e. The van der Waals surface area contributed by atoms with E-state index in [2.05, 4.69) is 11.0 Å². The summed E-state index contributed by atoms with van der Waals surface area (Å²) < 4.78 is 0. The molecule has 6 heteroatoms. The summed E-state index contributed by atoms with van der Waals surface area (Å²) in [6.07, 6.45) is 4.58. The lowest BCUT2D eigenvalue weighted by Crippen LogP contribution is -2.63. The van der Waals surface area contributed by atoms with Crippen LogP contribution in [0.2, 0.25) is 0 Å². The quantitative estimate of drug-likeness (QED) is 0.903. The summed E-state index contributed by atoms with van der Waals surface area (Å²) in [6, 6.07) is 8.72. The molecule has 0 aliphatic carbocycles. The van der Waals surface area contributed by atoms with Crippen molar-refractivity contribution in [2.45, 2.75) is 37.6 Å². The lowest BCUT2D eigenvalue weighted by molar-refractivity contribution is -0.134. The molecule has 2 aliphatic heterocycles. The van der Waals surface area contributed by atoms with E-state index in [0.717, 1.165) is 25.9 Å². The molecule has 0 aromatic heterocycles. The molecule has 3 rings (SSSR count). The predicted octanol–water partition coefficient (Wildman–Crippen LogP) is 1.50. The minimum Gasteiger partial charge on any atom is -0.368 e. The first-order valence-corrected chi connectivity index (χ1v) is 8.91. The second-order valence-corrected chi connectivity index (χ2v) is 6.92. The lowest BCUT2D eigenvalue weighted by Gasteiger charge is -2.48. The van der Waals surface area contributed by atoms with Crippen LogP contribution in [0.4, 0.5) is 0 Å². The molecule has 2 N–H and O–H groups in total. The third-order valence-electron chi connectivity index (χ3n) is 5.56. The van der Waals surface area contributed by atoms with Crippen LogP contribution in [0, 0.1) is 11.3 Å². The minimum atomic E-state index is -0.609. The van der Waals surface area contributed by atoms with Crippen LogP contribution in [0.1, 0.15) is 48.0 Å². The van der Waals surface area contributed by atoms with Gasteiger partial charge in [-0.05, 0) is 63.0 Å². The summed E-state index contributed by atoms with van der Waals surface area (Å²) in [7, 11) is 0. The van der Waals surface area contributed by atoms with E-state index in [1.54, 1.807) is 29.2 Å². The van der Waals surface area contributed by atoms with E-state index >= 15 is 0 Å². The molecule has 2 heterocycles. The average molecular weight is 340 g/mol. The second-order valence-electron chi connectivity index (χ2n) is 6.92. The van der Waals surface area contributed by atoms with Crippen molar-refractivity contribution in [3.05, 3.63) is 35.4 Å². The summed E-state index contributed by atoms with van der Waals surface area (Å²) in [6.45, 7) is 2.87. The van der Waals surface area contributed by atoms with Gasteiger partial charge in [-0.25, -0.2) is 0 Å². The number of rotatable bonds is 3. The highest BCUT2D eigenvalue weighted by molar-refractivity contribution is 5.94. The Bertz CT molecular complexity index is 678. The number of nitrogens with zero attached hydrogens (tertiary/aromatic N) is 3. The fraction of sp³-hybridized carbons (Fsp3) is 0.526. The van der Waals surface area contributed by atoms with Gasteiger partial charge < -0.3 is 10.6 Å². The van der Waals surface area contributed by atoms with Crippen LogP contribution in [0.3, 0.4) is 0 Å². The van der Waals surface area contributed by atoms with Gasteiger partial charge in [-0.1, -0.05) is 6.42 Å². The third-order valence-corrected chi connectivity index (χ3v) is 5.56. The average Bonchev–Trinajstić information content (AvgIpc) is 2.68. The Hall–Kier alpha value is -2.39. The number of amides is 2. The van der Waals surface area contributed by atoms with Gasteiger partial charge in [0.2, 0.25) is 5.91 Å². The van der Waals surface area contributed by atoms with Crippen LogP contribution in [-0.4, -0.2) is 53.3 Å². The number of piperidine rings is 2. The monoisotopic (exact) mass is 340 g/mol. The number of nitriles is 1. The molecule has 0 saturated carbocycles. The van der Waals surface area contributed by atoms with Crippen LogP contribution in [0.25, 0.3) is 0 Å². The molecule has 25 heavy (non-hydrogen) atoms. The Balaban J connectivity index is 1.69. The number of primary amides is 1. The number of benzene rings is 1. The van der Waals surface area contributed by atoms with Gasteiger partial charge in [-0.3, -0.25) is 14.5 Å². The maximum atomic E-state index is 12.7. The molecule has 2 fully saturated rings.